The van der Waals surface area contributed by atoms with Crippen LogP contribution in [0.15, 0.2) is 18.2 Å². The molecule has 0 heterocycles. The number of nitro groups is 1. The molecule has 0 atom stereocenters. The second-order valence-electron chi connectivity index (χ2n) is 3.34. The van der Waals surface area contributed by atoms with E-state index in [9.17, 15) is 14.9 Å². The van der Waals surface area contributed by atoms with Crippen LogP contribution in [0.25, 0.3) is 0 Å². The molecular weight excluding hydrogens is 210 g/mol. The highest BCUT2D eigenvalue weighted by molar-refractivity contribution is 5.98. The molecule has 0 aromatic heterocycles. The fourth-order valence-electron chi connectivity index (χ4n) is 1.27. The van der Waals surface area contributed by atoms with Crippen LogP contribution in [-0.2, 0) is 0 Å². The van der Waals surface area contributed by atoms with E-state index in [0.717, 1.165) is 6.42 Å². The van der Waals surface area contributed by atoms with Crippen LogP contribution >= 0.6 is 0 Å². The molecule has 0 spiro atoms. The van der Waals surface area contributed by atoms with Crippen molar-refractivity contribution >= 4 is 11.5 Å². The van der Waals surface area contributed by atoms with Crippen LogP contribution in [0.5, 0.6) is 5.75 Å². The highest BCUT2D eigenvalue weighted by Crippen LogP contribution is 2.24. The number of benzene rings is 1. The van der Waals surface area contributed by atoms with Gasteiger partial charge in [-0.1, -0.05) is 6.92 Å². The molecule has 0 aliphatic carbocycles. The Morgan fingerprint density at radius 2 is 2.19 bits per heavy atom. The van der Waals surface area contributed by atoms with Gasteiger partial charge in [0.15, 0.2) is 5.78 Å². The topological polar surface area (TPSA) is 69.4 Å². The van der Waals surface area contributed by atoms with Crippen molar-refractivity contribution < 1.29 is 14.5 Å². The second-order valence-corrected chi connectivity index (χ2v) is 3.34. The number of nitrogens with zero attached hydrogens (tertiary/aromatic N) is 1. The van der Waals surface area contributed by atoms with Crippen molar-refractivity contribution in [1.82, 2.24) is 0 Å². The average molecular weight is 223 g/mol. The zero-order valence-corrected chi connectivity index (χ0v) is 9.23. The summed E-state index contributed by atoms with van der Waals surface area (Å²) in [5.74, 6) is 0.145. The third kappa shape index (κ3) is 2.79. The van der Waals surface area contributed by atoms with Gasteiger partial charge < -0.3 is 4.74 Å². The molecule has 0 aliphatic heterocycles. The van der Waals surface area contributed by atoms with E-state index in [-0.39, 0.29) is 17.0 Å². The van der Waals surface area contributed by atoms with E-state index in [1.807, 2.05) is 6.92 Å². The molecule has 1 aromatic carbocycles. The largest absolute Gasteiger partial charge is 0.494 e. The number of carbonyl (C=O) groups excluding carboxylic acids is 1. The van der Waals surface area contributed by atoms with Gasteiger partial charge in [0.05, 0.1) is 17.1 Å². The lowest BCUT2D eigenvalue weighted by atomic mass is 10.1. The molecule has 1 aromatic rings. The molecule has 86 valence electrons. The standard InChI is InChI=1S/C11H13NO4/c1-3-6-16-9-4-5-11(12(14)15)10(7-9)8(2)13/h4-5,7H,3,6H2,1-2H3. The normalized spacial score (nSPS) is 9.88. The average Bonchev–Trinajstić information content (AvgIpc) is 2.25. The van der Waals surface area contributed by atoms with Crippen LogP contribution < -0.4 is 4.74 Å². The maximum Gasteiger partial charge on any atom is 0.280 e. The molecule has 0 unspecified atom stereocenters. The summed E-state index contributed by atoms with van der Waals surface area (Å²) in [4.78, 5) is 21.3. The molecule has 0 saturated heterocycles. The summed E-state index contributed by atoms with van der Waals surface area (Å²) in [5, 5.41) is 10.7. The van der Waals surface area contributed by atoms with Gasteiger partial charge in [-0.3, -0.25) is 14.9 Å². The first-order chi connectivity index (χ1) is 7.56. The SMILES string of the molecule is CCCOc1ccc([N+](=O)[O-])c(C(C)=O)c1. The first-order valence-corrected chi connectivity index (χ1v) is 4.98. The number of hydrogen-bond acceptors (Lipinski definition) is 4. The highest BCUT2D eigenvalue weighted by atomic mass is 16.6. The smallest absolute Gasteiger partial charge is 0.280 e. The number of carbonyl (C=O) groups is 1. The van der Waals surface area contributed by atoms with Gasteiger partial charge in [0.2, 0.25) is 0 Å². The summed E-state index contributed by atoms with van der Waals surface area (Å²) in [6.45, 7) is 3.78. The van der Waals surface area contributed by atoms with E-state index in [1.54, 1.807) is 0 Å². The maximum atomic E-state index is 11.2. The molecule has 0 saturated carbocycles. The Labute approximate surface area is 93.2 Å². The van der Waals surface area contributed by atoms with Gasteiger partial charge >= 0.3 is 0 Å². The van der Waals surface area contributed by atoms with Crippen LogP contribution in [0.3, 0.4) is 0 Å². The quantitative estimate of drug-likeness (QED) is 0.437. The minimum atomic E-state index is -0.569. The third-order valence-electron chi connectivity index (χ3n) is 2.02. The van der Waals surface area contributed by atoms with Gasteiger partial charge in [-0.05, 0) is 25.5 Å². The fourth-order valence-corrected chi connectivity index (χ4v) is 1.27. The zero-order chi connectivity index (χ0) is 12.1. The molecule has 0 aliphatic rings. The van der Waals surface area contributed by atoms with Crippen LogP contribution in [-0.4, -0.2) is 17.3 Å². The summed E-state index contributed by atoms with van der Waals surface area (Å²) < 4.78 is 5.31. The van der Waals surface area contributed by atoms with Crippen molar-refractivity contribution in [3.05, 3.63) is 33.9 Å². The molecule has 1 rings (SSSR count). The highest BCUT2D eigenvalue weighted by Gasteiger charge is 2.17. The lowest BCUT2D eigenvalue weighted by Crippen LogP contribution is -2.02. The Balaban J connectivity index is 3.07. The first kappa shape index (κ1) is 12.2. The lowest BCUT2D eigenvalue weighted by molar-refractivity contribution is -0.385. The minimum Gasteiger partial charge on any atom is -0.494 e. The molecule has 5 nitrogen and oxygen atoms in total. The summed E-state index contributed by atoms with van der Waals surface area (Å²) >= 11 is 0. The molecule has 0 amide bonds. The van der Waals surface area contributed by atoms with Gasteiger partial charge in [-0.25, -0.2) is 0 Å². The zero-order valence-electron chi connectivity index (χ0n) is 9.23. The number of ether oxygens (including phenoxy) is 1. The fraction of sp³-hybridized carbons (Fsp3) is 0.364. The Morgan fingerprint density at radius 1 is 1.50 bits per heavy atom. The number of nitro benzene ring substituents is 1. The van der Waals surface area contributed by atoms with Crippen molar-refractivity contribution in [3.63, 3.8) is 0 Å². The monoisotopic (exact) mass is 223 g/mol. The summed E-state index contributed by atoms with van der Waals surface area (Å²) in [6.07, 6.45) is 0.840. The van der Waals surface area contributed by atoms with Gasteiger partial charge in [-0.15, -0.1) is 0 Å². The van der Waals surface area contributed by atoms with Gasteiger partial charge in [0.1, 0.15) is 5.75 Å². The Hall–Kier alpha value is -1.91. The van der Waals surface area contributed by atoms with Crippen molar-refractivity contribution in [2.24, 2.45) is 0 Å². The van der Waals surface area contributed by atoms with Crippen LogP contribution in [0, 0.1) is 10.1 Å². The Bertz CT molecular complexity index is 414. The molecule has 0 fully saturated rings. The van der Waals surface area contributed by atoms with Gasteiger partial charge in [0, 0.05) is 6.07 Å². The minimum absolute atomic E-state index is 0.0820. The van der Waals surface area contributed by atoms with Crippen molar-refractivity contribution in [1.29, 1.82) is 0 Å². The first-order valence-electron chi connectivity index (χ1n) is 4.98. The molecule has 5 heteroatoms. The lowest BCUT2D eigenvalue weighted by Gasteiger charge is -2.05. The van der Waals surface area contributed by atoms with Crippen LogP contribution in [0.2, 0.25) is 0 Å². The van der Waals surface area contributed by atoms with Crippen molar-refractivity contribution in [2.75, 3.05) is 6.61 Å². The Kier molecular flexibility index (Phi) is 3.99. The number of hydrogen-bond donors (Lipinski definition) is 0. The maximum absolute atomic E-state index is 11.2. The van der Waals surface area contributed by atoms with Crippen molar-refractivity contribution in [3.8, 4) is 5.75 Å². The van der Waals surface area contributed by atoms with E-state index in [4.69, 9.17) is 4.74 Å². The molecular formula is C11H13NO4. The predicted molar refractivity (Wildman–Crippen MR) is 58.9 cm³/mol. The molecule has 16 heavy (non-hydrogen) atoms. The molecule has 0 N–H and O–H groups in total. The van der Waals surface area contributed by atoms with E-state index < -0.39 is 4.92 Å². The van der Waals surface area contributed by atoms with E-state index >= 15 is 0 Å². The van der Waals surface area contributed by atoms with Gasteiger partial charge in [0.25, 0.3) is 5.69 Å². The van der Waals surface area contributed by atoms with Gasteiger partial charge in [-0.2, -0.15) is 0 Å². The second kappa shape index (κ2) is 5.25. The van der Waals surface area contributed by atoms with E-state index in [1.165, 1.54) is 25.1 Å². The summed E-state index contributed by atoms with van der Waals surface area (Å²) in [7, 11) is 0. The van der Waals surface area contributed by atoms with Crippen molar-refractivity contribution in [2.45, 2.75) is 20.3 Å². The van der Waals surface area contributed by atoms with Crippen LogP contribution in [0.1, 0.15) is 30.6 Å². The van der Waals surface area contributed by atoms with Crippen LogP contribution in [0.4, 0.5) is 5.69 Å². The summed E-state index contributed by atoms with van der Waals surface area (Å²) in [5.41, 5.74) is -0.102. The third-order valence-corrected chi connectivity index (χ3v) is 2.02. The summed E-state index contributed by atoms with van der Waals surface area (Å²) in [6, 6.07) is 4.21. The number of Topliss-reactive ketones (excluding diaryl/α,β-unsaturated/α-hetero) is 1. The molecule has 0 radical (unpaired) electrons. The number of ketones is 1. The molecule has 0 bridgehead atoms. The van der Waals surface area contributed by atoms with E-state index in [2.05, 4.69) is 0 Å². The number of rotatable bonds is 5. The Morgan fingerprint density at radius 3 is 2.69 bits per heavy atom. The van der Waals surface area contributed by atoms with E-state index in [0.29, 0.717) is 12.4 Å². The predicted octanol–water partition coefficient (Wildman–Crippen LogP) is 2.59.